The highest BCUT2D eigenvalue weighted by atomic mass is 127. The monoisotopic (exact) mass is 454 g/mol. The molecule has 2 rings (SSSR count). The summed E-state index contributed by atoms with van der Waals surface area (Å²) in [5, 5.41) is 0.957. The lowest BCUT2D eigenvalue weighted by molar-refractivity contribution is -0.106. The minimum Gasteiger partial charge on any atom is -0.493 e. The number of halogens is 2. The number of alkyl halides is 2. The van der Waals surface area contributed by atoms with Crippen LogP contribution in [0.1, 0.15) is 31.2 Å². The molecule has 1 atom stereocenters. The number of hydrogen-bond donors (Lipinski definition) is 0. The van der Waals surface area contributed by atoms with Crippen LogP contribution in [0.3, 0.4) is 0 Å². The van der Waals surface area contributed by atoms with Gasteiger partial charge < -0.3 is 14.2 Å². The molecule has 1 heterocycles. The van der Waals surface area contributed by atoms with Crippen molar-refractivity contribution >= 4 is 38.5 Å². The summed E-state index contributed by atoms with van der Waals surface area (Å²) in [6, 6.07) is 6.00. The van der Waals surface area contributed by atoms with Crippen LogP contribution in [0.5, 0.6) is 11.5 Å². The van der Waals surface area contributed by atoms with Crippen molar-refractivity contribution in [1.29, 1.82) is 0 Å². The van der Waals surface area contributed by atoms with Crippen LogP contribution >= 0.6 is 38.5 Å². The SMILES string of the molecule is BrCCCOc1cccc(OC2CCCCO2)c1CI. The van der Waals surface area contributed by atoms with Gasteiger partial charge in [-0.15, -0.1) is 0 Å². The second-order valence-electron chi connectivity index (χ2n) is 4.67. The first kappa shape index (κ1) is 16.4. The molecular formula is C15H20BrIO3. The Morgan fingerprint density at radius 2 is 2.15 bits per heavy atom. The predicted octanol–water partition coefficient (Wildman–Crippen LogP) is 4.69. The Labute approximate surface area is 142 Å². The molecule has 0 N–H and O–H groups in total. The maximum Gasteiger partial charge on any atom is 0.199 e. The van der Waals surface area contributed by atoms with E-state index in [1.54, 1.807) is 0 Å². The number of benzene rings is 1. The normalized spacial score (nSPS) is 18.8. The lowest BCUT2D eigenvalue weighted by atomic mass is 10.2. The summed E-state index contributed by atoms with van der Waals surface area (Å²) in [5.41, 5.74) is 1.12. The molecule has 1 aliphatic heterocycles. The molecule has 1 aromatic carbocycles. The smallest absolute Gasteiger partial charge is 0.199 e. The fourth-order valence-corrected chi connectivity index (χ4v) is 3.09. The average Bonchev–Trinajstić information content (AvgIpc) is 2.49. The summed E-state index contributed by atoms with van der Waals surface area (Å²) in [5.74, 6) is 1.82. The molecule has 3 nitrogen and oxygen atoms in total. The summed E-state index contributed by atoms with van der Waals surface area (Å²) in [6.07, 6.45) is 4.16. The molecule has 1 saturated heterocycles. The van der Waals surface area contributed by atoms with Crippen molar-refractivity contribution in [3.8, 4) is 11.5 Å². The Morgan fingerprint density at radius 3 is 2.85 bits per heavy atom. The van der Waals surface area contributed by atoms with Crippen molar-refractivity contribution in [1.82, 2.24) is 0 Å². The lowest BCUT2D eigenvalue weighted by Gasteiger charge is -2.25. The van der Waals surface area contributed by atoms with Gasteiger partial charge in [-0.3, -0.25) is 0 Å². The minimum atomic E-state index is -0.108. The number of rotatable bonds is 7. The van der Waals surface area contributed by atoms with Gasteiger partial charge in [0.1, 0.15) is 11.5 Å². The molecule has 0 bridgehead atoms. The van der Waals surface area contributed by atoms with Gasteiger partial charge in [-0.25, -0.2) is 0 Å². The van der Waals surface area contributed by atoms with E-state index in [0.29, 0.717) is 0 Å². The van der Waals surface area contributed by atoms with Crippen molar-refractivity contribution in [3.63, 3.8) is 0 Å². The van der Waals surface area contributed by atoms with E-state index in [9.17, 15) is 0 Å². The first-order valence-electron chi connectivity index (χ1n) is 7.00. The van der Waals surface area contributed by atoms with Gasteiger partial charge in [0.25, 0.3) is 0 Å². The molecule has 112 valence electrons. The quantitative estimate of drug-likeness (QED) is 0.340. The molecule has 0 saturated carbocycles. The topological polar surface area (TPSA) is 27.7 Å². The van der Waals surface area contributed by atoms with Crippen LogP contribution < -0.4 is 9.47 Å². The highest BCUT2D eigenvalue weighted by Gasteiger charge is 2.18. The third kappa shape index (κ3) is 4.77. The molecular weight excluding hydrogens is 435 g/mol. The largest absolute Gasteiger partial charge is 0.493 e. The third-order valence-electron chi connectivity index (χ3n) is 3.16. The van der Waals surface area contributed by atoms with Crippen LogP contribution in [0.25, 0.3) is 0 Å². The van der Waals surface area contributed by atoms with Crippen LogP contribution in [0.2, 0.25) is 0 Å². The Hall–Kier alpha value is -0.0100. The van der Waals surface area contributed by atoms with E-state index < -0.39 is 0 Å². The number of hydrogen-bond acceptors (Lipinski definition) is 3. The molecule has 1 aromatic rings. The van der Waals surface area contributed by atoms with Gasteiger partial charge in [0, 0.05) is 21.7 Å². The zero-order valence-corrected chi connectivity index (χ0v) is 15.2. The Bertz CT molecular complexity index is 408. The highest BCUT2D eigenvalue weighted by molar-refractivity contribution is 14.1. The molecule has 0 aliphatic carbocycles. The van der Waals surface area contributed by atoms with Crippen LogP contribution in [0, 0.1) is 0 Å². The first-order valence-corrected chi connectivity index (χ1v) is 9.64. The summed E-state index contributed by atoms with van der Waals surface area (Å²) in [4.78, 5) is 0. The van der Waals surface area contributed by atoms with Crippen molar-refractivity contribution in [3.05, 3.63) is 23.8 Å². The zero-order chi connectivity index (χ0) is 14.2. The maximum atomic E-state index is 6.01. The number of ether oxygens (including phenoxy) is 3. The van der Waals surface area contributed by atoms with Gasteiger partial charge in [0.15, 0.2) is 6.29 Å². The molecule has 5 heteroatoms. The van der Waals surface area contributed by atoms with E-state index in [4.69, 9.17) is 14.2 Å². The molecule has 1 fully saturated rings. The molecule has 0 amide bonds. The van der Waals surface area contributed by atoms with Gasteiger partial charge in [-0.2, -0.15) is 0 Å². The second-order valence-corrected chi connectivity index (χ2v) is 6.23. The standard InChI is InChI=1S/C15H20BrIO3/c16-8-4-10-18-13-5-3-6-14(12(13)11-17)20-15-7-1-2-9-19-15/h3,5-6,15H,1-2,4,7-11H2. The second kappa shape index (κ2) is 9.10. The zero-order valence-electron chi connectivity index (χ0n) is 11.4. The molecule has 20 heavy (non-hydrogen) atoms. The lowest BCUT2D eigenvalue weighted by Crippen LogP contribution is -2.25. The van der Waals surface area contributed by atoms with Crippen LogP contribution in [0.4, 0.5) is 0 Å². The van der Waals surface area contributed by atoms with E-state index >= 15 is 0 Å². The van der Waals surface area contributed by atoms with Crippen molar-refractivity contribution in [2.75, 3.05) is 18.5 Å². The molecule has 0 radical (unpaired) electrons. The fourth-order valence-electron chi connectivity index (χ4n) is 2.11. The Kier molecular flexibility index (Phi) is 7.44. The highest BCUT2D eigenvalue weighted by Crippen LogP contribution is 2.32. The van der Waals surface area contributed by atoms with Gasteiger partial charge in [0.2, 0.25) is 0 Å². The summed E-state index contributed by atoms with van der Waals surface area (Å²) in [6.45, 7) is 1.52. The first-order chi connectivity index (χ1) is 9.85. The van der Waals surface area contributed by atoms with Gasteiger partial charge in [-0.1, -0.05) is 44.6 Å². The van der Waals surface area contributed by atoms with E-state index in [-0.39, 0.29) is 6.29 Å². The minimum absolute atomic E-state index is 0.108. The summed E-state index contributed by atoms with van der Waals surface area (Å²) < 4.78 is 18.4. The van der Waals surface area contributed by atoms with Crippen LogP contribution in [-0.4, -0.2) is 24.8 Å². The fraction of sp³-hybridized carbons (Fsp3) is 0.600. The average molecular weight is 455 g/mol. The maximum absolute atomic E-state index is 6.01. The third-order valence-corrected chi connectivity index (χ3v) is 4.48. The van der Waals surface area contributed by atoms with Crippen LogP contribution in [-0.2, 0) is 9.16 Å². The molecule has 1 aliphatic rings. The van der Waals surface area contributed by atoms with Crippen molar-refractivity contribution in [2.45, 2.75) is 36.4 Å². The van der Waals surface area contributed by atoms with E-state index in [1.807, 2.05) is 18.2 Å². The van der Waals surface area contributed by atoms with E-state index in [0.717, 1.165) is 59.3 Å². The Balaban J connectivity index is 2.04. The van der Waals surface area contributed by atoms with Gasteiger partial charge >= 0.3 is 0 Å². The summed E-state index contributed by atoms with van der Waals surface area (Å²) >= 11 is 5.77. The predicted molar refractivity (Wildman–Crippen MR) is 92.3 cm³/mol. The molecule has 0 aromatic heterocycles. The van der Waals surface area contributed by atoms with E-state index in [1.165, 1.54) is 6.42 Å². The Morgan fingerprint density at radius 1 is 1.30 bits per heavy atom. The van der Waals surface area contributed by atoms with Crippen molar-refractivity contribution < 1.29 is 14.2 Å². The van der Waals surface area contributed by atoms with Gasteiger partial charge in [0.05, 0.1) is 13.2 Å². The van der Waals surface area contributed by atoms with Crippen LogP contribution in [0.15, 0.2) is 18.2 Å². The summed E-state index contributed by atoms with van der Waals surface area (Å²) in [7, 11) is 0. The van der Waals surface area contributed by atoms with Crippen molar-refractivity contribution in [2.24, 2.45) is 0 Å². The molecule has 0 spiro atoms. The van der Waals surface area contributed by atoms with Gasteiger partial charge in [-0.05, 0) is 31.4 Å². The van der Waals surface area contributed by atoms with E-state index in [2.05, 4.69) is 38.5 Å². The molecule has 1 unspecified atom stereocenters.